The van der Waals surface area contributed by atoms with Gasteiger partial charge < -0.3 is 14.2 Å². The van der Waals surface area contributed by atoms with E-state index < -0.39 is 0 Å². The number of para-hydroxylation sites is 1. The van der Waals surface area contributed by atoms with Gasteiger partial charge >= 0.3 is 5.97 Å². The van der Waals surface area contributed by atoms with E-state index in [4.69, 9.17) is 14.2 Å². The Morgan fingerprint density at radius 2 is 2.28 bits per heavy atom. The molecule has 18 heavy (non-hydrogen) atoms. The van der Waals surface area contributed by atoms with Gasteiger partial charge in [0.1, 0.15) is 5.75 Å². The van der Waals surface area contributed by atoms with Crippen LogP contribution in [0, 0.1) is 0 Å². The average molecular weight is 250 g/mol. The monoisotopic (exact) mass is 250 g/mol. The Hall–Kier alpha value is -1.55. The summed E-state index contributed by atoms with van der Waals surface area (Å²) in [4.78, 5) is 11.3. The third-order valence-electron chi connectivity index (χ3n) is 2.85. The number of carbonyl (C=O) groups is 1. The number of esters is 1. The van der Waals surface area contributed by atoms with Crippen LogP contribution in [0.25, 0.3) is 0 Å². The first-order valence-corrected chi connectivity index (χ1v) is 6.30. The second kappa shape index (κ2) is 6.40. The van der Waals surface area contributed by atoms with Crippen LogP contribution >= 0.6 is 0 Å². The van der Waals surface area contributed by atoms with Crippen LogP contribution in [0.5, 0.6) is 5.75 Å². The number of hydrogen-bond donors (Lipinski definition) is 0. The van der Waals surface area contributed by atoms with Gasteiger partial charge in [0.15, 0.2) is 6.61 Å². The van der Waals surface area contributed by atoms with E-state index in [1.165, 1.54) is 0 Å². The molecule has 1 fully saturated rings. The molecule has 0 amide bonds. The molecule has 98 valence electrons. The van der Waals surface area contributed by atoms with Gasteiger partial charge in [-0.3, -0.25) is 0 Å². The molecule has 2 rings (SSSR count). The number of rotatable bonds is 5. The van der Waals surface area contributed by atoms with Crippen molar-refractivity contribution in [3.8, 4) is 5.75 Å². The van der Waals surface area contributed by atoms with Gasteiger partial charge in [0.2, 0.25) is 0 Å². The van der Waals surface area contributed by atoms with E-state index in [-0.39, 0.29) is 18.7 Å². The van der Waals surface area contributed by atoms with Gasteiger partial charge in [-0.15, -0.1) is 0 Å². The van der Waals surface area contributed by atoms with Gasteiger partial charge in [-0.25, -0.2) is 4.79 Å². The van der Waals surface area contributed by atoms with Crippen molar-refractivity contribution in [1.82, 2.24) is 0 Å². The first-order valence-electron chi connectivity index (χ1n) is 6.30. The smallest absolute Gasteiger partial charge is 0.344 e. The van der Waals surface area contributed by atoms with Crippen molar-refractivity contribution in [1.29, 1.82) is 0 Å². The molecule has 0 spiro atoms. The maximum absolute atomic E-state index is 11.3. The largest absolute Gasteiger partial charge is 0.482 e. The molecule has 1 saturated heterocycles. The highest BCUT2D eigenvalue weighted by atomic mass is 16.6. The number of benzene rings is 1. The molecule has 0 bridgehead atoms. The van der Waals surface area contributed by atoms with E-state index >= 15 is 0 Å². The maximum atomic E-state index is 11.3. The lowest BCUT2D eigenvalue weighted by Gasteiger charge is -2.15. The molecule has 0 aliphatic carbocycles. The molecule has 1 unspecified atom stereocenters. The minimum absolute atomic E-state index is 0.0580. The van der Waals surface area contributed by atoms with Crippen molar-refractivity contribution in [2.45, 2.75) is 25.9 Å². The molecule has 0 N–H and O–H groups in total. The summed E-state index contributed by atoms with van der Waals surface area (Å²) < 4.78 is 16.0. The molecule has 0 saturated carbocycles. The fourth-order valence-corrected chi connectivity index (χ4v) is 2.04. The fraction of sp³-hybridized carbons (Fsp3) is 0.500. The lowest BCUT2D eigenvalue weighted by atomic mass is 10.1. The van der Waals surface area contributed by atoms with Crippen molar-refractivity contribution < 1.29 is 19.0 Å². The van der Waals surface area contributed by atoms with E-state index in [0.29, 0.717) is 12.4 Å². The molecule has 1 heterocycles. The van der Waals surface area contributed by atoms with E-state index in [0.717, 1.165) is 25.0 Å². The summed E-state index contributed by atoms with van der Waals surface area (Å²) in [6.45, 7) is 2.88. The Balaban J connectivity index is 2.00. The molecule has 1 aliphatic rings. The number of ether oxygens (including phenoxy) is 3. The third kappa shape index (κ3) is 3.23. The van der Waals surface area contributed by atoms with Crippen LogP contribution in [-0.2, 0) is 14.3 Å². The first kappa shape index (κ1) is 12.9. The first-order chi connectivity index (χ1) is 8.81. The molecule has 1 atom stereocenters. The molecule has 4 heteroatoms. The topological polar surface area (TPSA) is 44.8 Å². The standard InChI is InChI=1S/C14H18O4/c1-2-16-14(15)10-18-13-7-4-3-6-11(13)12-8-5-9-17-12/h3-4,6-7,12H,2,5,8-10H2,1H3. The predicted molar refractivity (Wildman–Crippen MR) is 66.5 cm³/mol. The highest BCUT2D eigenvalue weighted by Gasteiger charge is 2.21. The van der Waals surface area contributed by atoms with Crippen molar-refractivity contribution in [2.75, 3.05) is 19.8 Å². The minimum atomic E-state index is -0.348. The normalized spacial score (nSPS) is 18.6. The Morgan fingerprint density at radius 3 is 3.00 bits per heavy atom. The van der Waals surface area contributed by atoms with Crippen LogP contribution in [0.15, 0.2) is 24.3 Å². The summed E-state index contributed by atoms with van der Waals surface area (Å²) in [6.07, 6.45) is 2.15. The lowest BCUT2D eigenvalue weighted by Crippen LogP contribution is -2.15. The zero-order chi connectivity index (χ0) is 12.8. The summed E-state index contributed by atoms with van der Waals surface area (Å²) in [5.41, 5.74) is 1.01. The second-order valence-corrected chi connectivity index (χ2v) is 4.13. The minimum Gasteiger partial charge on any atom is -0.482 e. The molecule has 1 aromatic carbocycles. The molecular formula is C14H18O4. The Bertz CT molecular complexity index is 397. The highest BCUT2D eigenvalue weighted by molar-refractivity contribution is 5.71. The van der Waals surface area contributed by atoms with Crippen molar-refractivity contribution >= 4 is 5.97 Å². The average Bonchev–Trinajstić information content (AvgIpc) is 2.91. The number of carbonyl (C=O) groups excluding carboxylic acids is 1. The lowest BCUT2D eigenvalue weighted by molar-refractivity contribution is -0.145. The van der Waals surface area contributed by atoms with Gasteiger partial charge in [-0.2, -0.15) is 0 Å². The maximum Gasteiger partial charge on any atom is 0.344 e. The van der Waals surface area contributed by atoms with Crippen LogP contribution in [0.4, 0.5) is 0 Å². The van der Waals surface area contributed by atoms with E-state index in [1.54, 1.807) is 6.92 Å². The zero-order valence-electron chi connectivity index (χ0n) is 10.6. The van der Waals surface area contributed by atoms with Crippen LogP contribution in [-0.4, -0.2) is 25.8 Å². The van der Waals surface area contributed by atoms with Gasteiger partial charge in [-0.05, 0) is 25.8 Å². The Labute approximate surface area is 107 Å². The van der Waals surface area contributed by atoms with E-state index in [1.807, 2.05) is 24.3 Å². The summed E-state index contributed by atoms with van der Waals surface area (Å²) >= 11 is 0. The van der Waals surface area contributed by atoms with Crippen molar-refractivity contribution in [3.05, 3.63) is 29.8 Å². The molecule has 0 radical (unpaired) electrons. The van der Waals surface area contributed by atoms with Gasteiger partial charge in [0.25, 0.3) is 0 Å². The fourth-order valence-electron chi connectivity index (χ4n) is 2.04. The van der Waals surface area contributed by atoms with Gasteiger partial charge in [0.05, 0.1) is 12.7 Å². The highest BCUT2D eigenvalue weighted by Crippen LogP contribution is 2.34. The zero-order valence-corrected chi connectivity index (χ0v) is 10.6. The van der Waals surface area contributed by atoms with Crippen LogP contribution in [0.1, 0.15) is 31.4 Å². The van der Waals surface area contributed by atoms with Gasteiger partial charge in [0, 0.05) is 12.2 Å². The number of hydrogen-bond acceptors (Lipinski definition) is 4. The van der Waals surface area contributed by atoms with Crippen molar-refractivity contribution in [3.63, 3.8) is 0 Å². The summed E-state index contributed by atoms with van der Waals surface area (Å²) in [7, 11) is 0. The third-order valence-corrected chi connectivity index (χ3v) is 2.85. The summed E-state index contributed by atoms with van der Waals surface area (Å²) in [5, 5.41) is 0. The second-order valence-electron chi connectivity index (χ2n) is 4.13. The summed E-state index contributed by atoms with van der Waals surface area (Å²) in [6, 6.07) is 7.68. The molecular weight excluding hydrogens is 232 g/mol. The van der Waals surface area contributed by atoms with Crippen LogP contribution < -0.4 is 4.74 Å². The summed E-state index contributed by atoms with van der Waals surface area (Å²) in [5.74, 6) is 0.358. The van der Waals surface area contributed by atoms with Crippen LogP contribution in [0.3, 0.4) is 0 Å². The molecule has 0 aromatic heterocycles. The molecule has 1 aliphatic heterocycles. The van der Waals surface area contributed by atoms with Crippen molar-refractivity contribution in [2.24, 2.45) is 0 Å². The Kier molecular flexibility index (Phi) is 4.59. The van der Waals surface area contributed by atoms with E-state index in [2.05, 4.69) is 0 Å². The van der Waals surface area contributed by atoms with E-state index in [9.17, 15) is 4.79 Å². The molecule has 4 nitrogen and oxygen atoms in total. The SMILES string of the molecule is CCOC(=O)COc1ccccc1C1CCCO1. The predicted octanol–water partition coefficient (Wildman–Crippen LogP) is 2.48. The Morgan fingerprint density at radius 1 is 1.44 bits per heavy atom. The molecule has 1 aromatic rings. The van der Waals surface area contributed by atoms with Gasteiger partial charge in [-0.1, -0.05) is 18.2 Å². The van der Waals surface area contributed by atoms with Crippen LogP contribution in [0.2, 0.25) is 0 Å². The quantitative estimate of drug-likeness (QED) is 0.753.